The molecule has 3 rings (SSSR count). The molecule has 1 heterocycles. The molecule has 1 aliphatic heterocycles. The number of anilines is 2. The molecule has 182 valence electrons. The molecule has 3 amide bonds. The van der Waals surface area contributed by atoms with Crippen molar-refractivity contribution in [2.75, 3.05) is 63.2 Å². The van der Waals surface area contributed by atoms with Crippen LogP contribution in [-0.2, 0) is 14.3 Å². The van der Waals surface area contributed by atoms with Crippen LogP contribution in [0, 0.1) is 6.92 Å². The maximum Gasteiger partial charge on any atom is 0.253 e. The number of ether oxygens (including phenoxy) is 1. The third-order valence-corrected chi connectivity index (χ3v) is 5.94. The molecule has 0 bridgehead atoms. The predicted octanol–water partition coefficient (Wildman–Crippen LogP) is 2.78. The molecule has 1 fully saturated rings. The van der Waals surface area contributed by atoms with Gasteiger partial charge in [-0.25, -0.2) is 0 Å². The molecule has 0 spiro atoms. The summed E-state index contributed by atoms with van der Waals surface area (Å²) in [5.74, 6) is -0.254. The SMILES string of the molecule is CCC(=O)N(CCOC)CC(=O)Nc1ccc(N2CCN(C(=O)c3ccc(C)cc3)CC2)cc1. The average molecular weight is 467 g/mol. The Morgan fingerprint density at radius 3 is 2.21 bits per heavy atom. The number of rotatable bonds is 9. The molecule has 1 saturated heterocycles. The van der Waals surface area contributed by atoms with Crippen molar-refractivity contribution in [3.05, 3.63) is 59.7 Å². The van der Waals surface area contributed by atoms with Crippen molar-refractivity contribution < 1.29 is 19.1 Å². The Hall–Kier alpha value is -3.39. The molecule has 2 aromatic carbocycles. The molecule has 8 nitrogen and oxygen atoms in total. The number of aryl methyl sites for hydroxylation is 1. The molecular formula is C26H34N4O4. The monoisotopic (exact) mass is 466 g/mol. The normalized spacial score (nSPS) is 13.5. The lowest BCUT2D eigenvalue weighted by Crippen LogP contribution is -2.48. The van der Waals surface area contributed by atoms with Crippen LogP contribution in [0.15, 0.2) is 48.5 Å². The fourth-order valence-electron chi connectivity index (χ4n) is 3.89. The lowest BCUT2D eigenvalue weighted by atomic mass is 10.1. The van der Waals surface area contributed by atoms with Gasteiger partial charge in [0.05, 0.1) is 13.2 Å². The molecule has 1 aliphatic rings. The van der Waals surface area contributed by atoms with E-state index in [1.165, 1.54) is 4.90 Å². The molecule has 0 aliphatic carbocycles. The molecule has 0 radical (unpaired) electrons. The van der Waals surface area contributed by atoms with Crippen LogP contribution in [0.5, 0.6) is 0 Å². The molecule has 0 saturated carbocycles. The van der Waals surface area contributed by atoms with Gasteiger partial charge in [0.15, 0.2) is 0 Å². The van der Waals surface area contributed by atoms with Gasteiger partial charge in [0.1, 0.15) is 0 Å². The first-order valence-corrected chi connectivity index (χ1v) is 11.7. The minimum atomic E-state index is -0.242. The van der Waals surface area contributed by atoms with Crippen LogP contribution >= 0.6 is 0 Å². The van der Waals surface area contributed by atoms with Gasteiger partial charge < -0.3 is 24.8 Å². The fraction of sp³-hybridized carbons (Fsp3) is 0.423. The van der Waals surface area contributed by atoms with E-state index in [2.05, 4.69) is 10.2 Å². The van der Waals surface area contributed by atoms with Gasteiger partial charge in [-0.2, -0.15) is 0 Å². The number of nitrogens with zero attached hydrogens (tertiary/aromatic N) is 3. The van der Waals surface area contributed by atoms with Gasteiger partial charge in [0.25, 0.3) is 5.91 Å². The molecule has 0 atom stereocenters. The van der Waals surface area contributed by atoms with Crippen LogP contribution < -0.4 is 10.2 Å². The largest absolute Gasteiger partial charge is 0.383 e. The van der Waals surface area contributed by atoms with Gasteiger partial charge in [-0.3, -0.25) is 14.4 Å². The highest BCUT2D eigenvalue weighted by molar-refractivity contribution is 5.95. The van der Waals surface area contributed by atoms with Crippen molar-refractivity contribution in [3.63, 3.8) is 0 Å². The molecule has 2 aromatic rings. The van der Waals surface area contributed by atoms with E-state index in [1.54, 1.807) is 14.0 Å². The number of benzene rings is 2. The first-order chi connectivity index (χ1) is 16.4. The molecule has 34 heavy (non-hydrogen) atoms. The third kappa shape index (κ3) is 6.81. The number of methoxy groups -OCH3 is 1. The summed E-state index contributed by atoms with van der Waals surface area (Å²) in [4.78, 5) is 42.8. The van der Waals surface area contributed by atoms with Crippen molar-refractivity contribution >= 4 is 29.1 Å². The van der Waals surface area contributed by atoms with E-state index in [4.69, 9.17) is 4.74 Å². The van der Waals surface area contributed by atoms with Crippen LogP contribution in [0.3, 0.4) is 0 Å². The van der Waals surface area contributed by atoms with Gasteiger partial charge in [0.2, 0.25) is 11.8 Å². The van der Waals surface area contributed by atoms with Gasteiger partial charge in [0, 0.05) is 63.2 Å². The summed E-state index contributed by atoms with van der Waals surface area (Å²) in [6, 6.07) is 15.3. The molecule has 0 aromatic heterocycles. The Morgan fingerprint density at radius 2 is 1.62 bits per heavy atom. The lowest BCUT2D eigenvalue weighted by Gasteiger charge is -2.36. The minimum absolute atomic E-state index is 0.00520. The predicted molar refractivity (Wildman–Crippen MR) is 133 cm³/mol. The molecular weight excluding hydrogens is 432 g/mol. The van der Waals surface area contributed by atoms with Crippen LogP contribution in [-0.4, -0.2) is 80.5 Å². The Labute approximate surface area is 201 Å². The quantitative estimate of drug-likeness (QED) is 0.615. The average Bonchev–Trinajstić information content (AvgIpc) is 2.86. The van der Waals surface area contributed by atoms with Crippen LogP contribution in [0.25, 0.3) is 0 Å². The first kappa shape index (κ1) is 25.2. The smallest absolute Gasteiger partial charge is 0.253 e. The second-order valence-corrected chi connectivity index (χ2v) is 8.40. The molecule has 0 unspecified atom stereocenters. The van der Waals surface area contributed by atoms with Gasteiger partial charge >= 0.3 is 0 Å². The van der Waals surface area contributed by atoms with Crippen LogP contribution in [0.2, 0.25) is 0 Å². The number of carbonyl (C=O) groups is 3. The van der Waals surface area contributed by atoms with Crippen molar-refractivity contribution in [1.82, 2.24) is 9.80 Å². The zero-order chi connectivity index (χ0) is 24.5. The standard InChI is InChI=1S/C26H34N4O4/c1-4-25(32)30(17-18-34-3)19-24(31)27-22-9-11-23(12-10-22)28-13-15-29(16-14-28)26(33)21-7-5-20(2)6-8-21/h5-12H,4,13-19H2,1-3H3,(H,27,31). The summed E-state index contributed by atoms with van der Waals surface area (Å²) in [6.45, 7) is 7.36. The van der Waals surface area contributed by atoms with Crippen molar-refractivity contribution in [2.45, 2.75) is 20.3 Å². The Balaban J connectivity index is 1.50. The van der Waals surface area contributed by atoms with E-state index in [1.807, 2.05) is 60.4 Å². The summed E-state index contributed by atoms with van der Waals surface area (Å²) < 4.78 is 5.03. The molecule has 8 heteroatoms. The van der Waals surface area contributed by atoms with E-state index in [9.17, 15) is 14.4 Å². The topological polar surface area (TPSA) is 82.2 Å². The van der Waals surface area contributed by atoms with Crippen molar-refractivity contribution in [3.8, 4) is 0 Å². The van der Waals surface area contributed by atoms with E-state index in [0.29, 0.717) is 38.3 Å². The second kappa shape index (κ2) is 12.2. The van der Waals surface area contributed by atoms with Crippen LogP contribution in [0.4, 0.5) is 11.4 Å². The van der Waals surface area contributed by atoms with E-state index in [0.717, 1.165) is 29.9 Å². The number of carbonyl (C=O) groups excluding carboxylic acids is 3. The summed E-state index contributed by atoms with van der Waals surface area (Å²) in [5.41, 5.74) is 3.58. The van der Waals surface area contributed by atoms with Gasteiger partial charge in [-0.15, -0.1) is 0 Å². The maximum absolute atomic E-state index is 12.7. The zero-order valence-electron chi connectivity index (χ0n) is 20.3. The van der Waals surface area contributed by atoms with Crippen molar-refractivity contribution in [1.29, 1.82) is 0 Å². The fourth-order valence-corrected chi connectivity index (χ4v) is 3.89. The Bertz CT molecular complexity index is 967. The maximum atomic E-state index is 12.7. The summed E-state index contributed by atoms with van der Waals surface area (Å²) in [7, 11) is 1.57. The third-order valence-electron chi connectivity index (χ3n) is 5.94. The second-order valence-electron chi connectivity index (χ2n) is 8.40. The summed E-state index contributed by atoms with van der Waals surface area (Å²) in [6.07, 6.45) is 0.343. The number of amides is 3. The first-order valence-electron chi connectivity index (χ1n) is 11.7. The molecule has 1 N–H and O–H groups in total. The van der Waals surface area contributed by atoms with E-state index in [-0.39, 0.29) is 24.3 Å². The lowest BCUT2D eigenvalue weighted by molar-refractivity contribution is -0.135. The minimum Gasteiger partial charge on any atom is -0.383 e. The number of piperazine rings is 1. The highest BCUT2D eigenvalue weighted by Crippen LogP contribution is 2.20. The highest BCUT2D eigenvalue weighted by Gasteiger charge is 2.22. The van der Waals surface area contributed by atoms with E-state index < -0.39 is 0 Å². The Kier molecular flexibility index (Phi) is 9.04. The van der Waals surface area contributed by atoms with Crippen LogP contribution in [0.1, 0.15) is 29.3 Å². The summed E-state index contributed by atoms with van der Waals surface area (Å²) in [5, 5.41) is 2.86. The summed E-state index contributed by atoms with van der Waals surface area (Å²) >= 11 is 0. The number of hydrogen-bond donors (Lipinski definition) is 1. The zero-order valence-corrected chi connectivity index (χ0v) is 20.3. The van der Waals surface area contributed by atoms with Gasteiger partial charge in [-0.1, -0.05) is 24.6 Å². The number of hydrogen-bond acceptors (Lipinski definition) is 5. The van der Waals surface area contributed by atoms with E-state index >= 15 is 0 Å². The highest BCUT2D eigenvalue weighted by atomic mass is 16.5. The van der Waals surface area contributed by atoms with Gasteiger partial charge in [-0.05, 0) is 43.3 Å². The van der Waals surface area contributed by atoms with Crippen molar-refractivity contribution in [2.24, 2.45) is 0 Å². The Morgan fingerprint density at radius 1 is 0.971 bits per heavy atom. The number of nitrogens with one attached hydrogen (secondary N) is 1.